The molecule has 2 N–H and O–H groups in total. The van der Waals surface area contributed by atoms with Crippen LogP contribution in [0.3, 0.4) is 0 Å². The number of carbonyl (C=O) groups excluding carboxylic acids is 1. The second kappa shape index (κ2) is 8.45. The molecule has 2 aromatic carbocycles. The number of rotatable bonds is 7. The smallest absolute Gasteiger partial charge is 0.261 e. The van der Waals surface area contributed by atoms with E-state index in [9.17, 15) is 13.2 Å². The molecule has 1 aromatic heterocycles. The molecule has 2 heterocycles. The first kappa shape index (κ1) is 20.4. The summed E-state index contributed by atoms with van der Waals surface area (Å²) in [5.41, 5.74) is 2.02. The first-order chi connectivity index (χ1) is 14.4. The van der Waals surface area contributed by atoms with Gasteiger partial charge in [0.15, 0.2) is 0 Å². The molecule has 0 aliphatic carbocycles. The van der Waals surface area contributed by atoms with Crippen molar-refractivity contribution in [2.75, 3.05) is 17.9 Å². The number of hydrogen-bond donors (Lipinski definition) is 2. The lowest BCUT2D eigenvalue weighted by molar-refractivity contribution is -0.130. The maximum Gasteiger partial charge on any atom is 0.261 e. The number of nitrogens with zero attached hydrogens (tertiary/aromatic N) is 2. The van der Waals surface area contributed by atoms with Gasteiger partial charge < -0.3 is 14.6 Å². The van der Waals surface area contributed by atoms with Gasteiger partial charge >= 0.3 is 0 Å². The second-order valence-electron chi connectivity index (χ2n) is 7.25. The number of anilines is 1. The van der Waals surface area contributed by atoms with Crippen molar-refractivity contribution >= 4 is 32.7 Å². The van der Waals surface area contributed by atoms with Crippen molar-refractivity contribution < 1.29 is 17.9 Å². The third kappa shape index (κ3) is 4.31. The highest BCUT2D eigenvalue weighted by Gasteiger charge is 2.23. The lowest BCUT2D eigenvalue weighted by Crippen LogP contribution is -2.35. The van der Waals surface area contributed by atoms with E-state index in [1.165, 1.54) is 0 Å². The van der Waals surface area contributed by atoms with Crippen molar-refractivity contribution in [1.29, 1.82) is 0 Å². The molecule has 0 radical (unpaired) electrons. The number of nitrogens with one attached hydrogen (secondary N) is 2. The summed E-state index contributed by atoms with van der Waals surface area (Å²) in [6.07, 6.45) is 1.90. The number of aromatic nitrogens is 2. The van der Waals surface area contributed by atoms with Gasteiger partial charge in [0.2, 0.25) is 5.91 Å². The summed E-state index contributed by atoms with van der Waals surface area (Å²) in [5.74, 6) is 0.726. The Kier molecular flexibility index (Phi) is 5.74. The Hall–Kier alpha value is -2.91. The van der Waals surface area contributed by atoms with Gasteiger partial charge in [0.1, 0.15) is 11.9 Å². The molecule has 8 nitrogen and oxygen atoms in total. The summed E-state index contributed by atoms with van der Waals surface area (Å²) < 4.78 is 35.0. The van der Waals surface area contributed by atoms with E-state index in [0.29, 0.717) is 30.8 Å². The minimum atomic E-state index is -3.66. The van der Waals surface area contributed by atoms with Crippen molar-refractivity contribution in [3.63, 3.8) is 0 Å². The molecule has 1 aliphatic rings. The number of aryl methyl sites for hydroxylation is 1. The molecule has 1 fully saturated rings. The zero-order valence-corrected chi connectivity index (χ0v) is 17.5. The number of carbonyl (C=O) groups is 1. The number of imidazole rings is 1. The Balaban J connectivity index is 1.45. The van der Waals surface area contributed by atoms with Crippen LogP contribution in [-0.2, 0) is 33.0 Å². The topological polar surface area (TPSA) is 102 Å². The summed E-state index contributed by atoms with van der Waals surface area (Å²) in [6, 6.07) is 13.5. The number of benzene rings is 2. The standard InChI is InChI=1S/C21H24N4O4S/c1-25-18-10-9-15(24-30(27,28)16-6-3-2-4-7-16)14-17(18)23-20(25)11-12-22-21(26)19-8-5-13-29-19/h2-4,6-7,9-10,14,19,24H,5,8,11-13H2,1H3,(H,22,26)/t19-/m0/s1. The fourth-order valence-corrected chi connectivity index (χ4v) is 4.62. The van der Waals surface area contributed by atoms with Crippen LogP contribution in [0.25, 0.3) is 11.0 Å². The third-order valence-electron chi connectivity index (χ3n) is 5.15. The number of fused-ring (bicyclic) bond motifs is 1. The average molecular weight is 429 g/mol. The second-order valence-corrected chi connectivity index (χ2v) is 8.93. The van der Waals surface area contributed by atoms with Gasteiger partial charge in [-0.3, -0.25) is 9.52 Å². The van der Waals surface area contributed by atoms with Crippen molar-refractivity contribution in [3.05, 3.63) is 54.4 Å². The van der Waals surface area contributed by atoms with E-state index in [1.54, 1.807) is 42.5 Å². The lowest BCUT2D eigenvalue weighted by Gasteiger charge is -2.10. The van der Waals surface area contributed by atoms with E-state index < -0.39 is 10.0 Å². The van der Waals surface area contributed by atoms with Gasteiger partial charge in [-0.1, -0.05) is 18.2 Å². The molecule has 9 heteroatoms. The molecule has 30 heavy (non-hydrogen) atoms. The molecular weight excluding hydrogens is 404 g/mol. The summed E-state index contributed by atoms with van der Waals surface area (Å²) in [5, 5.41) is 2.90. The highest BCUT2D eigenvalue weighted by molar-refractivity contribution is 7.92. The minimum absolute atomic E-state index is 0.0798. The van der Waals surface area contributed by atoms with Gasteiger partial charge in [0, 0.05) is 26.6 Å². The fraction of sp³-hybridized carbons (Fsp3) is 0.333. The summed E-state index contributed by atoms with van der Waals surface area (Å²) in [6.45, 7) is 1.10. The van der Waals surface area contributed by atoms with E-state index in [0.717, 1.165) is 24.2 Å². The Morgan fingerprint density at radius 1 is 1.23 bits per heavy atom. The molecule has 3 aromatic rings. The maximum atomic E-state index is 12.5. The van der Waals surface area contributed by atoms with E-state index >= 15 is 0 Å². The molecule has 1 atom stereocenters. The third-order valence-corrected chi connectivity index (χ3v) is 6.55. The summed E-state index contributed by atoms with van der Waals surface area (Å²) in [4.78, 5) is 16.9. The molecule has 0 saturated carbocycles. The molecule has 0 bridgehead atoms. The Bertz CT molecular complexity index is 1150. The van der Waals surface area contributed by atoms with Gasteiger partial charge in [-0.15, -0.1) is 0 Å². The number of amides is 1. The average Bonchev–Trinajstić information content (AvgIpc) is 3.37. The molecule has 1 aliphatic heterocycles. The van der Waals surface area contributed by atoms with Crippen LogP contribution in [0.1, 0.15) is 18.7 Å². The molecule has 0 unspecified atom stereocenters. The molecule has 158 valence electrons. The van der Waals surface area contributed by atoms with Crippen LogP contribution in [0.2, 0.25) is 0 Å². The molecule has 1 saturated heterocycles. The predicted octanol–water partition coefficient (Wildman–Crippen LogP) is 2.21. The monoisotopic (exact) mass is 428 g/mol. The van der Waals surface area contributed by atoms with Crippen LogP contribution in [0.4, 0.5) is 5.69 Å². The highest BCUT2D eigenvalue weighted by atomic mass is 32.2. The first-order valence-corrected chi connectivity index (χ1v) is 11.3. The van der Waals surface area contributed by atoms with Crippen LogP contribution < -0.4 is 10.0 Å². The number of hydrogen-bond acceptors (Lipinski definition) is 5. The molecule has 4 rings (SSSR count). The van der Waals surface area contributed by atoms with Crippen LogP contribution in [0.5, 0.6) is 0 Å². The predicted molar refractivity (Wildman–Crippen MR) is 114 cm³/mol. The highest BCUT2D eigenvalue weighted by Crippen LogP contribution is 2.22. The van der Waals surface area contributed by atoms with Gasteiger partial charge in [-0.05, 0) is 43.2 Å². The van der Waals surface area contributed by atoms with Crippen LogP contribution >= 0.6 is 0 Å². The van der Waals surface area contributed by atoms with Gasteiger partial charge in [0.25, 0.3) is 10.0 Å². The van der Waals surface area contributed by atoms with E-state index in [4.69, 9.17) is 4.74 Å². The van der Waals surface area contributed by atoms with Crippen LogP contribution in [0, 0.1) is 0 Å². The van der Waals surface area contributed by atoms with Gasteiger partial charge in [0.05, 0.1) is 21.6 Å². The van der Waals surface area contributed by atoms with Crippen LogP contribution in [-0.4, -0.2) is 43.1 Å². The number of sulfonamides is 1. The minimum Gasteiger partial charge on any atom is -0.368 e. The molecule has 0 spiro atoms. The zero-order valence-electron chi connectivity index (χ0n) is 16.7. The van der Waals surface area contributed by atoms with Crippen molar-refractivity contribution in [2.24, 2.45) is 7.05 Å². The largest absolute Gasteiger partial charge is 0.368 e. The Morgan fingerprint density at radius 3 is 2.77 bits per heavy atom. The van der Waals surface area contributed by atoms with Crippen LogP contribution in [0.15, 0.2) is 53.4 Å². The molecule has 1 amide bonds. The fourth-order valence-electron chi connectivity index (χ4n) is 3.55. The summed E-state index contributed by atoms with van der Waals surface area (Å²) >= 11 is 0. The lowest BCUT2D eigenvalue weighted by atomic mass is 10.2. The van der Waals surface area contributed by atoms with E-state index in [2.05, 4.69) is 15.0 Å². The maximum absolute atomic E-state index is 12.5. The van der Waals surface area contributed by atoms with E-state index in [1.807, 2.05) is 17.7 Å². The summed E-state index contributed by atoms with van der Waals surface area (Å²) in [7, 11) is -1.76. The SMILES string of the molecule is Cn1c(CCNC(=O)[C@@H]2CCCO2)nc2cc(NS(=O)(=O)c3ccccc3)ccc21. The normalized spacial score (nSPS) is 16.6. The van der Waals surface area contributed by atoms with E-state index in [-0.39, 0.29) is 16.9 Å². The Morgan fingerprint density at radius 2 is 2.03 bits per heavy atom. The first-order valence-electron chi connectivity index (χ1n) is 9.86. The van der Waals surface area contributed by atoms with Crippen molar-refractivity contribution in [3.8, 4) is 0 Å². The zero-order chi connectivity index (χ0) is 21.1. The molecular formula is C21H24N4O4S. The Labute approximate surface area is 175 Å². The van der Waals surface area contributed by atoms with Gasteiger partial charge in [-0.25, -0.2) is 13.4 Å². The van der Waals surface area contributed by atoms with Crippen molar-refractivity contribution in [2.45, 2.75) is 30.3 Å². The quantitative estimate of drug-likeness (QED) is 0.601. The van der Waals surface area contributed by atoms with Crippen molar-refractivity contribution in [1.82, 2.24) is 14.9 Å². The van der Waals surface area contributed by atoms with Gasteiger partial charge in [-0.2, -0.15) is 0 Å². The number of ether oxygens (including phenoxy) is 1.